The first kappa shape index (κ1) is 23.2. The number of carbonyl (C=O) groups is 2. The van der Waals surface area contributed by atoms with Gasteiger partial charge in [-0.3, -0.25) is 9.59 Å². The fraction of sp³-hybridized carbons (Fsp3) is 0.333. The molecule has 0 aliphatic carbocycles. The van der Waals surface area contributed by atoms with Crippen molar-refractivity contribution in [3.63, 3.8) is 0 Å². The molecule has 2 aromatic rings. The fourth-order valence-electron chi connectivity index (χ4n) is 4.03. The average Bonchev–Trinajstić information content (AvgIpc) is 3.18. The van der Waals surface area contributed by atoms with Gasteiger partial charge in [-0.1, -0.05) is 12.1 Å². The molecule has 0 bridgehead atoms. The van der Waals surface area contributed by atoms with Gasteiger partial charge in [0.05, 0.1) is 11.6 Å². The van der Waals surface area contributed by atoms with Crippen molar-refractivity contribution in [2.45, 2.75) is 11.3 Å². The number of para-hydroxylation sites is 1. The first-order valence-corrected chi connectivity index (χ1v) is 11.5. The van der Waals surface area contributed by atoms with Gasteiger partial charge in [0.1, 0.15) is 10.7 Å². The maximum atomic E-state index is 14.0. The summed E-state index contributed by atoms with van der Waals surface area (Å²) in [6.07, 6.45) is -0.105. The van der Waals surface area contributed by atoms with Crippen molar-refractivity contribution < 1.29 is 35.6 Å². The molecule has 2 amide bonds. The molecule has 1 atom stereocenters. The number of rotatable bonds is 4. The van der Waals surface area contributed by atoms with Crippen LogP contribution < -0.4 is 4.90 Å². The quantitative estimate of drug-likeness (QED) is 0.491. The molecule has 2 aromatic carbocycles. The van der Waals surface area contributed by atoms with Crippen molar-refractivity contribution in [2.75, 3.05) is 37.6 Å². The van der Waals surface area contributed by atoms with Crippen molar-refractivity contribution in [1.82, 2.24) is 9.21 Å². The maximum Gasteiger partial charge on any atom is 0.246 e. The number of hydrogen-bond donors (Lipinski definition) is 0. The molecular formula is C21H19F4N3O4S. The summed E-state index contributed by atoms with van der Waals surface area (Å²) >= 11 is 0. The van der Waals surface area contributed by atoms with E-state index in [9.17, 15) is 35.6 Å². The summed E-state index contributed by atoms with van der Waals surface area (Å²) in [7, 11) is -4.45. The van der Waals surface area contributed by atoms with Crippen molar-refractivity contribution in [3.05, 3.63) is 59.7 Å². The Hall–Kier alpha value is -2.99. The van der Waals surface area contributed by atoms with Gasteiger partial charge in [0.2, 0.25) is 21.8 Å². The molecule has 33 heavy (non-hydrogen) atoms. The van der Waals surface area contributed by atoms with Gasteiger partial charge in [0.15, 0.2) is 17.5 Å². The predicted molar refractivity (Wildman–Crippen MR) is 109 cm³/mol. The lowest BCUT2D eigenvalue weighted by molar-refractivity contribution is -0.136. The van der Waals surface area contributed by atoms with Gasteiger partial charge in [0, 0.05) is 39.1 Å². The Bertz CT molecular complexity index is 1220. The number of amides is 2. The number of hydrogen-bond acceptors (Lipinski definition) is 4. The molecule has 2 fully saturated rings. The smallest absolute Gasteiger partial charge is 0.246 e. The lowest BCUT2D eigenvalue weighted by atomic mass is 10.1. The minimum absolute atomic E-state index is 0.00280. The minimum atomic E-state index is -4.45. The standard InChI is InChI=1S/C21H19F4N3O4S/c22-14-3-1-2-4-16(14)28-12-13(11-18(28)29)21(30)26-7-9-27(10-8-26)33(31,32)17-6-5-15(23)19(24)20(17)25/h1-6,13H,7-12H2. The summed E-state index contributed by atoms with van der Waals surface area (Å²) in [5.41, 5.74) is 0.0854. The van der Waals surface area contributed by atoms with E-state index in [1.807, 2.05) is 0 Å². The van der Waals surface area contributed by atoms with E-state index in [0.29, 0.717) is 12.1 Å². The molecule has 0 spiro atoms. The highest BCUT2D eigenvalue weighted by Crippen LogP contribution is 2.29. The third-order valence-electron chi connectivity index (χ3n) is 5.79. The number of piperazine rings is 1. The SMILES string of the molecule is O=C(C1CC(=O)N(c2ccccc2F)C1)N1CCN(S(=O)(=O)c2ccc(F)c(F)c2F)CC1. The normalized spacial score (nSPS) is 19.9. The summed E-state index contributed by atoms with van der Waals surface area (Å²) < 4.78 is 81.0. The molecule has 4 rings (SSSR count). The molecule has 7 nitrogen and oxygen atoms in total. The number of anilines is 1. The summed E-state index contributed by atoms with van der Waals surface area (Å²) in [6, 6.07) is 6.91. The lowest BCUT2D eigenvalue weighted by Gasteiger charge is -2.35. The summed E-state index contributed by atoms with van der Waals surface area (Å²) in [6.45, 7) is -0.451. The van der Waals surface area contributed by atoms with Crippen LogP contribution >= 0.6 is 0 Å². The van der Waals surface area contributed by atoms with Crippen LogP contribution in [0.2, 0.25) is 0 Å². The minimum Gasteiger partial charge on any atom is -0.340 e. The molecule has 2 aliphatic heterocycles. The van der Waals surface area contributed by atoms with Gasteiger partial charge in [-0.15, -0.1) is 0 Å². The second-order valence-electron chi connectivity index (χ2n) is 7.76. The van der Waals surface area contributed by atoms with Gasteiger partial charge in [-0.05, 0) is 24.3 Å². The number of halogens is 4. The Kier molecular flexibility index (Phi) is 6.14. The van der Waals surface area contributed by atoms with Crippen LogP contribution in [0.1, 0.15) is 6.42 Å². The fourth-order valence-corrected chi connectivity index (χ4v) is 5.51. The molecule has 2 saturated heterocycles. The van der Waals surface area contributed by atoms with E-state index in [0.717, 1.165) is 4.31 Å². The molecule has 2 heterocycles. The summed E-state index contributed by atoms with van der Waals surface area (Å²) in [4.78, 5) is 26.9. The Morgan fingerprint density at radius 3 is 2.21 bits per heavy atom. The van der Waals surface area contributed by atoms with Crippen LogP contribution in [-0.2, 0) is 19.6 Å². The van der Waals surface area contributed by atoms with E-state index in [2.05, 4.69) is 0 Å². The Morgan fingerprint density at radius 1 is 0.879 bits per heavy atom. The van der Waals surface area contributed by atoms with E-state index in [4.69, 9.17) is 0 Å². The third kappa shape index (κ3) is 4.20. The van der Waals surface area contributed by atoms with Crippen molar-refractivity contribution >= 4 is 27.5 Å². The predicted octanol–water partition coefficient (Wildman–Crippen LogP) is 2.13. The van der Waals surface area contributed by atoms with E-state index < -0.39 is 50.0 Å². The highest BCUT2D eigenvalue weighted by molar-refractivity contribution is 7.89. The van der Waals surface area contributed by atoms with E-state index in [1.165, 1.54) is 28.0 Å². The average molecular weight is 485 g/mol. The van der Waals surface area contributed by atoms with Crippen LogP contribution in [0.4, 0.5) is 23.2 Å². The maximum absolute atomic E-state index is 14.0. The Labute approximate surface area is 187 Å². The van der Waals surface area contributed by atoms with Gasteiger partial charge in [0.25, 0.3) is 0 Å². The molecule has 0 saturated carbocycles. The van der Waals surface area contributed by atoms with Gasteiger partial charge < -0.3 is 9.80 Å². The molecular weight excluding hydrogens is 466 g/mol. The first-order valence-electron chi connectivity index (χ1n) is 10.1. The number of sulfonamides is 1. The van der Waals surface area contributed by atoms with Gasteiger partial charge >= 0.3 is 0 Å². The van der Waals surface area contributed by atoms with E-state index in [-0.39, 0.29) is 50.7 Å². The van der Waals surface area contributed by atoms with Crippen LogP contribution in [0.15, 0.2) is 41.3 Å². The van der Waals surface area contributed by atoms with Crippen molar-refractivity contribution in [3.8, 4) is 0 Å². The number of carbonyl (C=O) groups excluding carboxylic acids is 2. The monoisotopic (exact) mass is 485 g/mol. The van der Waals surface area contributed by atoms with Crippen LogP contribution in [-0.4, -0.2) is 62.2 Å². The van der Waals surface area contributed by atoms with E-state index in [1.54, 1.807) is 6.07 Å². The Balaban J connectivity index is 1.42. The second kappa shape index (κ2) is 8.75. The number of nitrogens with zero attached hydrogens (tertiary/aromatic N) is 3. The molecule has 0 aromatic heterocycles. The highest BCUT2D eigenvalue weighted by atomic mass is 32.2. The largest absolute Gasteiger partial charge is 0.340 e. The molecule has 176 valence electrons. The second-order valence-corrected chi connectivity index (χ2v) is 9.67. The molecule has 1 unspecified atom stereocenters. The molecule has 12 heteroatoms. The number of benzene rings is 2. The zero-order valence-corrected chi connectivity index (χ0v) is 18.0. The first-order chi connectivity index (χ1) is 15.6. The van der Waals surface area contributed by atoms with Crippen LogP contribution in [0.5, 0.6) is 0 Å². The summed E-state index contributed by atoms with van der Waals surface area (Å²) in [5, 5.41) is 0. The topological polar surface area (TPSA) is 78.0 Å². The lowest BCUT2D eigenvalue weighted by Crippen LogP contribution is -2.52. The molecule has 0 radical (unpaired) electrons. The van der Waals surface area contributed by atoms with Crippen molar-refractivity contribution in [1.29, 1.82) is 0 Å². The van der Waals surface area contributed by atoms with Gasteiger partial charge in [-0.25, -0.2) is 26.0 Å². The van der Waals surface area contributed by atoms with E-state index >= 15 is 0 Å². The van der Waals surface area contributed by atoms with Crippen LogP contribution in [0, 0.1) is 29.2 Å². The molecule has 0 N–H and O–H groups in total. The van der Waals surface area contributed by atoms with Crippen LogP contribution in [0.3, 0.4) is 0 Å². The van der Waals surface area contributed by atoms with Crippen molar-refractivity contribution in [2.24, 2.45) is 5.92 Å². The Morgan fingerprint density at radius 2 is 1.55 bits per heavy atom. The van der Waals surface area contributed by atoms with Gasteiger partial charge in [-0.2, -0.15) is 4.31 Å². The summed E-state index contributed by atoms with van der Waals surface area (Å²) in [5.74, 6) is -7.25. The third-order valence-corrected chi connectivity index (χ3v) is 7.70. The molecule has 2 aliphatic rings. The zero-order chi connectivity index (χ0) is 23.9. The van der Waals surface area contributed by atoms with Crippen LogP contribution in [0.25, 0.3) is 0 Å². The zero-order valence-electron chi connectivity index (χ0n) is 17.2. The highest BCUT2D eigenvalue weighted by Gasteiger charge is 2.40.